The summed E-state index contributed by atoms with van der Waals surface area (Å²) in [7, 11) is 0. The third kappa shape index (κ3) is 3.60. The van der Waals surface area contributed by atoms with Gasteiger partial charge in [-0.25, -0.2) is 4.98 Å². The van der Waals surface area contributed by atoms with Gasteiger partial charge in [0.15, 0.2) is 0 Å². The van der Waals surface area contributed by atoms with Crippen LogP contribution in [0.4, 0.5) is 0 Å². The molecule has 0 spiro atoms. The number of hydrogen-bond donors (Lipinski definition) is 0. The van der Waals surface area contributed by atoms with Gasteiger partial charge >= 0.3 is 0 Å². The molecule has 2 aromatic heterocycles. The molecular formula is C18H25N7O. The first-order valence-corrected chi connectivity index (χ1v) is 9.42. The second kappa shape index (κ2) is 7.49. The van der Waals surface area contributed by atoms with E-state index in [1.165, 1.54) is 19.3 Å². The fourth-order valence-corrected chi connectivity index (χ4v) is 3.64. The lowest BCUT2D eigenvalue weighted by Gasteiger charge is -2.34. The fourth-order valence-electron chi connectivity index (χ4n) is 3.64. The highest BCUT2D eigenvalue weighted by Gasteiger charge is 2.25. The molecular weight excluding hydrogens is 330 g/mol. The summed E-state index contributed by atoms with van der Waals surface area (Å²) in [5.41, 5.74) is 1.24. The Morgan fingerprint density at radius 2 is 1.85 bits per heavy atom. The molecule has 1 amide bonds. The van der Waals surface area contributed by atoms with Crippen molar-refractivity contribution >= 4 is 5.91 Å². The lowest BCUT2D eigenvalue weighted by Crippen LogP contribution is -2.48. The Morgan fingerprint density at radius 3 is 2.62 bits per heavy atom. The molecule has 2 aliphatic heterocycles. The minimum Gasteiger partial charge on any atom is -0.335 e. The molecule has 1 fully saturated rings. The van der Waals surface area contributed by atoms with Crippen LogP contribution in [0.5, 0.6) is 0 Å². The molecule has 0 aliphatic carbocycles. The molecule has 8 heteroatoms. The molecule has 0 unspecified atom stereocenters. The van der Waals surface area contributed by atoms with E-state index in [2.05, 4.69) is 29.6 Å². The van der Waals surface area contributed by atoms with Gasteiger partial charge in [-0.2, -0.15) is 0 Å². The van der Waals surface area contributed by atoms with Crippen LogP contribution in [0, 0.1) is 6.92 Å². The van der Waals surface area contributed by atoms with Gasteiger partial charge in [0.2, 0.25) is 0 Å². The van der Waals surface area contributed by atoms with E-state index >= 15 is 0 Å². The molecule has 2 aromatic rings. The van der Waals surface area contributed by atoms with Crippen molar-refractivity contribution in [2.75, 3.05) is 26.2 Å². The van der Waals surface area contributed by atoms with E-state index in [0.717, 1.165) is 49.9 Å². The van der Waals surface area contributed by atoms with Crippen LogP contribution < -0.4 is 0 Å². The van der Waals surface area contributed by atoms with Gasteiger partial charge in [-0.15, -0.1) is 10.2 Å². The number of aromatic nitrogens is 5. The van der Waals surface area contributed by atoms with Crippen LogP contribution in [0.15, 0.2) is 12.4 Å². The summed E-state index contributed by atoms with van der Waals surface area (Å²) < 4.78 is 2.30. The number of amides is 1. The van der Waals surface area contributed by atoms with E-state index in [1.54, 1.807) is 12.4 Å². The first-order chi connectivity index (χ1) is 12.7. The number of carbonyl (C=O) groups excluding carboxylic acids is 1. The standard InChI is InChI=1S/C18H25N7O/c1-14-11-20-15(12-19-14)18(26)24-9-7-23(8-10-24)13-17-22-21-16-5-3-2-4-6-25(16)17/h11-12H,2-10,13H2,1H3. The summed E-state index contributed by atoms with van der Waals surface area (Å²) in [6.07, 6.45) is 7.92. The van der Waals surface area contributed by atoms with Crippen LogP contribution in [0.25, 0.3) is 0 Å². The van der Waals surface area contributed by atoms with Crippen molar-refractivity contribution in [1.29, 1.82) is 0 Å². The van der Waals surface area contributed by atoms with Crippen LogP contribution in [-0.2, 0) is 19.5 Å². The van der Waals surface area contributed by atoms with E-state index in [0.29, 0.717) is 18.8 Å². The molecule has 26 heavy (non-hydrogen) atoms. The van der Waals surface area contributed by atoms with E-state index in [9.17, 15) is 4.79 Å². The van der Waals surface area contributed by atoms with Crippen molar-refractivity contribution in [1.82, 2.24) is 34.5 Å². The molecule has 8 nitrogen and oxygen atoms in total. The Labute approximate surface area is 153 Å². The summed E-state index contributed by atoms with van der Waals surface area (Å²) in [5, 5.41) is 8.79. The monoisotopic (exact) mass is 355 g/mol. The Kier molecular flexibility index (Phi) is 4.92. The summed E-state index contributed by atoms with van der Waals surface area (Å²) in [5.74, 6) is 2.16. The average Bonchev–Trinajstić information content (AvgIpc) is 2.89. The number of nitrogens with zero attached hydrogens (tertiary/aromatic N) is 7. The van der Waals surface area contributed by atoms with Crippen molar-refractivity contribution < 1.29 is 4.79 Å². The zero-order valence-corrected chi connectivity index (χ0v) is 15.3. The van der Waals surface area contributed by atoms with Gasteiger partial charge in [-0.3, -0.25) is 14.7 Å². The highest BCUT2D eigenvalue weighted by molar-refractivity contribution is 5.92. The smallest absolute Gasteiger partial charge is 0.274 e. The lowest BCUT2D eigenvalue weighted by atomic mass is 10.2. The van der Waals surface area contributed by atoms with Gasteiger partial charge in [0.05, 0.1) is 18.4 Å². The van der Waals surface area contributed by atoms with Gasteiger partial charge in [-0.05, 0) is 19.8 Å². The zero-order valence-electron chi connectivity index (χ0n) is 15.3. The number of piperazine rings is 1. The number of rotatable bonds is 3. The number of hydrogen-bond acceptors (Lipinski definition) is 6. The molecule has 1 saturated heterocycles. The van der Waals surface area contributed by atoms with Crippen LogP contribution in [-0.4, -0.2) is 66.6 Å². The maximum absolute atomic E-state index is 12.5. The maximum Gasteiger partial charge on any atom is 0.274 e. The highest BCUT2D eigenvalue weighted by Crippen LogP contribution is 2.16. The Balaban J connectivity index is 1.35. The fraction of sp³-hybridized carbons (Fsp3) is 0.611. The van der Waals surface area contributed by atoms with Crippen molar-refractivity contribution in [3.8, 4) is 0 Å². The average molecular weight is 355 g/mol. The largest absolute Gasteiger partial charge is 0.335 e. The molecule has 2 aliphatic rings. The molecule has 0 saturated carbocycles. The molecule has 0 N–H and O–H groups in total. The first kappa shape index (κ1) is 17.1. The topological polar surface area (TPSA) is 80.0 Å². The van der Waals surface area contributed by atoms with Crippen LogP contribution in [0.1, 0.15) is 47.1 Å². The summed E-state index contributed by atoms with van der Waals surface area (Å²) in [6, 6.07) is 0. The van der Waals surface area contributed by atoms with Gasteiger partial charge in [-0.1, -0.05) is 6.42 Å². The van der Waals surface area contributed by atoms with Gasteiger partial charge in [0, 0.05) is 45.3 Å². The molecule has 0 bridgehead atoms. The minimum absolute atomic E-state index is 0.0338. The molecule has 0 aromatic carbocycles. The number of aryl methyl sites for hydroxylation is 2. The Hall–Kier alpha value is -2.35. The summed E-state index contributed by atoms with van der Waals surface area (Å²) in [4.78, 5) is 25.1. The first-order valence-electron chi connectivity index (χ1n) is 9.42. The van der Waals surface area contributed by atoms with Gasteiger partial charge in [0.25, 0.3) is 5.91 Å². The second-order valence-electron chi connectivity index (χ2n) is 7.11. The lowest BCUT2D eigenvalue weighted by molar-refractivity contribution is 0.0617. The van der Waals surface area contributed by atoms with Gasteiger partial charge in [0.1, 0.15) is 17.3 Å². The molecule has 138 valence electrons. The third-order valence-electron chi connectivity index (χ3n) is 5.21. The van der Waals surface area contributed by atoms with Crippen molar-refractivity contribution in [2.45, 2.75) is 45.7 Å². The second-order valence-corrected chi connectivity index (χ2v) is 7.11. The van der Waals surface area contributed by atoms with E-state index < -0.39 is 0 Å². The molecule has 0 atom stereocenters. The third-order valence-corrected chi connectivity index (χ3v) is 5.21. The van der Waals surface area contributed by atoms with E-state index in [1.807, 2.05) is 11.8 Å². The molecule has 0 radical (unpaired) electrons. The van der Waals surface area contributed by atoms with Crippen LogP contribution in [0.2, 0.25) is 0 Å². The Morgan fingerprint density at radius 1 is 1.00 bits per heavy atom. The van der Waals surface area contributed by atoms with Crippen LogP contribution >= 0.6 is 0 Å². The van der Waals surface area contributed by atoms with E-state index in [4.69, 9.17) is 0 Å². The SMILES string of the molecule is Cc1cnc(C(=O)N2CCN(Cc3nnc4n3CCCCC4)CC2)cn1. The Bertz CT molecular complexity index is 762. The predicted octanol–water partition coefficient (Wildman–Crippen LogP) is 1.06. The molecule has 4 rings (SSSR count). The van der Waals surface area contributed by atoms with Crippen LogP contribution in [0.3, 0.4) is 0 Å². The van der Waals surface area contributed by atoms with Crippen molar-refractivity contribution in [3.05, 3.63) is 35.4 Å². The zero-order chi connectivity index (χ0) is 17.9. The highest BCUT2D eigenvalue weighted by atomic mass is 16.2. The normalized spacial score (nSPS) is 18.4. The predicted molar refractivity (Wildman–Crippen MR) is 95.5 cm³/mol. The van der Waals surface area contributed by atoms with E-state index in [-0.39, 0.29) is 5.91 Å². The number of carbonyl (C=O) groups is 1. The maximum atomic E-state index is 12.5. The molecule has 4 heterocycles. The number of fused-ring (bicyclic) bond motifs is 1. The summed E-state index contributed by atoms with van der Waals surface area (Å²) >= 11 is 0. The minimum atomic E-state index is -0.0338. The van der Waals surface area contributed by atoms with Crippen molar-refractivity contribution in [2.24, 2.45) is 0 Å². The van der Waals surface area contributed by atoms with Crippen molar-refractivity contribution in [3.63, 3.8) is 0 Å². The quantitative estimate of drug-likeness (QED) is 0.819. The summed E-state index contributed by atoms with van der Waals surface area (Å²) in [6.45, 7) is 6.79. The van der Waals surface area contributed by atoms with Gasteiger partial charge < -0.3 is 9.47 Å².